The number of carbonyl (C=O) groups is 1. The molecule has 6 nitrogen and oxygen atoms in total. The van der Waals surface area contributed by atoms with Gasteiger partial charge in [0.25, 0.3) is 0 Å². The van der Waals surface area contributed by atoms with Crippen molar-refractivity contribution in [3.8, 4) is 0 Å². The molecule has 1 aliphatic heterocycles. The van der Waals surface area contributed by atoms with Crippen LogP contribution in [-0.2, 0) is 4.79 Å². The van der Waals surface area contributed by atoms with Crippen molar-refractivity contribution in [1.29, 1.82) is 0 Å². The van der Waals surface area contributed by atoms with Crippen LogP contribution in [0, 0.1) is 12.7 Å². The third kappa shape index (κ3) is 3.30. The Hall–Kier alpha value is -2.28. The lowest BCUT2D eigenvalue weighted by atomic mass is 10.1. The highest BCUT2D eigenvalue weighted by Crippen LogP contribution is 2.25. The molecular formula is C15H17FN4O2. The van der Waals surface area contributed by atoms with Gasteiger partial charge in [0, 0.05) is 6.54 Å². The predicted molar refractivity (Wildman–Crippen MR) is 77.9 cm³/mol. The molecule has 1 aromatic carbocycles. The maximum atomic E-state index is 13.5. The fourth-order valence-electron chi connectivity index (χ4n) is 2.61. The minimum absolute atomic E-state index is 0.155. The van der Waals surface area contributed by atoms with Gasteiger partial charge in [-0.25, -0.2) is 4.39 Å². The molecule has 0 radical (unpaired) electrons. The maximum absolute atomic E-state index is 13.5. The van der Waals surface area contributed by atoms with Gasteiger partial charge in [-0.3, -0.25) is 9.69 Å². The maximum Gasteiger partial charge on any atom is 0.238 e. The van der Waals surface area contributed by atoms with Crippen LogP contribution in [0.4, 0.5) is 10.1 Å². The first-order chi connectivity index (χ1) is 10.6. The Kier molecular flexibility index (Phi) is 4.15. The highest BCUT2D eigenvalue weighted by molar-refractivity contribution is 5.92. The molecule has 0 bridgehead atoms. The summed E-state index contributed by atoms with van der Waals surface area (Å²) in [7, 11) is 0. The lowest BCUT2D eigenvalue weighted by molar-refractivity contribution is -0.117. The van der Waals surface area contributed by atoms with Crippen LogP contribution in [-0.4, -0.2) is 40.6 Å². The lowest BCUT2D eigenvalue weighted by Crippen LogP contribution is -2.31. The number of amides is 1. The number of hydrogen-bond donors (Lipinski definition) is 1. The van der Waals surface area contributed by atoms with Crippen LogP contribution >= 0.6 is 0 Å². The highest BCUT2D eigenvalue weighted by Gasteiger charge is 2.29. The number of likely N-dealkylation sites (tertiary alicyclic amines) is 1. The van der Waals surface area contributed by atoms with E-state index < -0.39 is 5.82 Å². The largest absolute Gasteiger partial charge is 0.339 e. The Morgan fingerprint density at radius 3 is 3.05 bits per heavy atom. The van der Waals surface area contributed by atoms with E-state index in [9.17, 15) is 9.18 Å². The zero-order valence-electron chi connectivity index (χ0n) is 12.3. The van der Waals surface area contributed by atoms with Crippen LogP contribution in [0.25, 0.3) is 0 Å². The quantitative estimate of drug-likeness (QED) is 0.934. The average Bonchev–Trinajstić information content (AvgIpc) is 3.10. The second kappa shape index (κ2) is 6.23. The molecule has 2 aromatic rings. The Bertz CT molecular complexity index is 673. The minimum atomic E-state index is -0.434. The summed E-state index contributed by atoms with van der Waals surface area (Å²) in [5, 5.41) is 6.38. The summed E-state index contributed by atoms with van der Waals surface area (Å²) in [6.07, 6.45) is 0.870. The van der Waals surface area contributed by atoms with Gasteiger partial charge in [-0.15, -0.1) is 0 Å². The number of hydrogen-bond acceptors (Lipinski definition) is 5. The molecule has 2 heterocycles. The summed E-state index contributed by atoms with van der Waals surface area (Å²) in [5.41, 5.74) is 0.204. The van der Waals surface area contributed by atoms with Crippen molar-refractivity contribution < 1.29 is 13.7 Å². The van der Waals surface area contributed by atoms with Gasteiger partial charge in [0.15, 0.2) is 5.82 Å². The molecular weight excluding hydrogens is 287 g/mol. The van der Waals surface area contributed by atoms with Crippen LogP contribution in [0.2, 0.25) is 0 Å². The van der Waals surface area contributed by atoms with Crippen molar-refractivity contribution >= 4 is 11.6 Å². The number of rotatable bonds is 4. The Labute approximate surface area is 127 Å². The molecule has 0 saturated carbocycles. The molecule has 0 spiro atoms. The molecule has 7 heteroatoms. The van der Waals surface area contributed by atoms with E-state index in [0.717, 1.165) is 13.0 Å². The Morgan fingerprint density at radius 1 is 1.50 bits per heavy atom. The number of benzene rings is 1. The Morgan fingerprint density at radius 2 is 2.32 bits per heavy atom. The van der Waals surface area contributed by atoms with Crippen LogP contribution < -0.4 is 5.32 Å². The number of aryl methyl sites for hydroxylation is 1. The van der Waals surface area contributed by atoms with Crippen molar-refractivity contribution in [3.05, 3.63) is 41.8 Å². The van der Waals surface area contributed by atoms with E-state index in [2.05, 4.69) is 15.5 Å². The van der Waals surface area contributed by atoms with E-state index in [1.807, 2.05) is 4.90 Å². The first-order valence-corrected chi connectivity index (χ1v) is 7.19. The van der Waals surface area contributed by atoms with Crippen molar-refractivity contribution in [2.75, 3.05) is 25.0 Å². The monoisotopic (exact) mass is 304 g/mol. The van der Waals surface area contributed by atoms with Crippen molar-refractivity contribution in [3.63, 3.8) is 0 Å². The average molecular weight is 304 g/mol. The smallest absolute Gasteiger partial charge is 0.238 e. The SMILES string of the molecule is Cc1noc(C2CCN(CC(=O)Nc3ccccc3F)C2)n1. The van der Waals surface area contributed by atoms with Gasteiger partial charge in [0.1, 0.15) is 5.82 Å². The molecule has 1 fully saturated rings. The fourth-order valence-corrected chi connectivity index (χ4v) is 2.61. The summed E-state index contributed by atoms with van der Waals surface area (Å²) < 4.78 is 18.7. The van der Waals surface area contributed by atoms with Gasteiger partial charge >= 0.3 is 0 Å². The molecule has 1 amide bonds. The van der Waals surface area contributed by atoms with E-state index in [1.54, 1.807) is 25.1 Å². The third-order valence-corrected chi connectivity index (χ3v) is 3.68. The summed E-state index contributed by atoms with van der Waals surface area (Å²) in [6.45, 7) is 3.46. The van der Waals surface area contributed by atoms with E-state index >= 15 is 0 Å². The number of nitrogens with one attached hydrogen (secondary N) is 1. The summed E-state index contributed by atoms with van der Waals surface area (Å²) in [5.74, 6) is 0.728. The zero-order chi connectivity index (χ0) is 15.5. The van der Waals surface area contributed by atoms with E-state index in [1.165, 1.54) is 6.07 Å². The topological polar surface area (TPSA) is 71.3 Å². The number of para-hydroxylation sites is 1. The molecule has 1 saturated heterocycles. The van der Waals surface area contributed by atoms with Crippen molar-refractivity contribution in [2.24, 2.45) is 0 Å². The van der Waals surface area contributed by atoms with E-state index in [4.69, 9.17) is 4.52 Å². The minimum Gasteiger partial charge on any atom is -0.339 e. The molecule has 0 aliphatic carbocycles. The number of halogens is 1. The first kappa shape index (κ1) is 14.6. The molecule has 3 rings (SSSR count). The van der Waals surface area contributed by atoms with Gasteiger partial charge in [-0.05, 0) is 32.0 Å². The first-order valence-electron chi connectivity index (χ1n) is 7.19. The normalized spacial score (nSPS) is 18.5. The molecule has 1 aromatic heterocycles. The second-order valence-corrected chi connectivity index (χ2v) is 5.43. The summed E-state index contributed by atoms with van der Waals surface area (Å²) in [6, 6.07) is 6.13. The van der Waals surface area contributed by atoms with E-state index in [-0.39, 0.29) is 24.1 Å². The molecule has 22 heavy (non-hydrogen) atoms. The number of anilines is 1. The summed E-state index contributed by atoms with van der Waals surface area (Å²) in [4.78, 5) is 18.2. The third-order valence-electron chi connectivity index (χ3n) is 3.68. The predicted octanol–water partition coefficient (Wildman–Crippen LogP) is 1.95. The molecule has 1 N–H and O–H groups in total. The standard InChI is InChI=1S/C15H17FN4O2/c1-10-17-15(22-19-10)11-6-7-20(8-11)9-14(21)18-13-5-3-2-4-12(13)16/h2-5,11H,6-9H2,1H3,(H,18,21). The van der Waals surface area contributed by atoms with Crippen LogP contribution in [0.15, 0.2) is 28.8 Å². The molecule has 1 atom stereocenters. The van der Waals surface area contributed by atoms with Crippen LogP contribution in [0.3, 0.4) is 0 Å². The zero-order valence-corrected chi connectivity index (χ0v) is 12.3. The van der Waals surface area contributed by atoms with Gasteiger partial charge in [0.2, 0.25) is 11.8 Å². The molecule has 1 unspecified atom stereocenters. The number of carbonyl (C=O) groups excluding carboxylic acids is 1. The van der Waals surface area contributed by atoms with Gasteiger partial charge < -0.3 is 9.84 Å². The fraction of sp³-hybridized carbons (Fsp3) is 0.400. The number of aromatic nitrogens is 2. The van der Waals surface area contributed by atoms with Gasteiger partial charge in [-0.2, -0.15) is 4.98 Å². The second-order valence-electron chi connectivity index (χ2n) is 5.43. The van der Waals surface area contributed by atoms with Gasteiger partial charge in [0.05, 0.1) is 18.2 Å². The molecule has 116 valence electrons. The number of nitrogens with zero attached hydrogens (tertiary/aromatic N) is 3. The van der Waals surface area contributed by atoms with Crippen LogP contribution in [0.5, 0.6) is 0 Å². The van der Waals surface area contributed by atoms with Crippen molar-refractivity contribution in [2.45, 2.75) is 19.3 Å². The van der Waals surface area contributed by atoms with Crippen molar-refractivity contribution in [1.82, 2.24) is 15.0 Å². The lowest BCUT2D eigenvalue weighted by Gasteiger charge is -2.15. The van der Waals surface area contributed by atoms with Gasteiger partial charge in [-0.1, -0.05) is 17.3 Å². The Balaban J connectivity index is 1.54. The summed E-state index contributed by atoms with van der Waals surface area (Å²) >= 11 is 0. The highest BCUT2D eigenvalue weighted by atomic mass is 19.1. The van der Waals surface area contributed by atoms with E-state index in [0.29, 0.717) is 18.3 Å². The molecule has 1 aliphatic rings. The van der Waals surface area contributed by atoms with Crippen LogP contribution in [0.1, 0.15) is 24.1 Å².